The van der Waals surface area contributed by atoms with Crippen LogP contribution in [-0.4, -0.2) is 0 Å². The molecule has 2 aliphatic rings. The Hall–Kier alpha value is -8.72. The molecule has 0 atom stereocenters. The van der Waals surface area contributed by atoms with Gasteiger partial charge in [0.05, 0.1) is 11.1 Å². The smallest absolute Gasteiger partial charge is 0.0726 e. The van der Waals surface area contributed by atoms with Gasteiger partial charge in [-0.3, -0.25) is 0 Å². The van der Waals surface area contributed by atoms with Crippen LogP contribution in [0.15, 0.2) is 267 Å². The summed E-state index contributed by atoms with van der Waals surface area (Å²) in [6, 6.07) is 98.0. The van der Waals surface area contributed by atoms with E-state index in [1.165, 1.54) is 77.5 Å². The first-order chi connectivity index (χ1) is 33.2. The van der Waals surface area contributed by atoms with Crippen LogP contribution in [0, 0.1) is 0 Å². The van der Waals surface area contributed by atoms with Crippen molar-refractivity contribution in [3.8, 4) is 44.5 Å². The van der Waals surface area contributed by atoms with Crippen LogP contribution in [-0.2, 0) is 5.41 Å². The summed E-state index contributed by atoms with van der Waals surface area (Å²) in [6.45, 7) is 0. The summed E-state index contributed by atoms with van der Waals surface area (Å²) in [5.74, 6) is 0. The summed E-state index contributed by atoms with van der Waals surface area (Å²) in [6.07, 6.45) is 0. The van der Waals surface area contributed by atoms with E-state index < -0.39 is 5.41 Å². The van der Waals surface area contributed by atoms with Gasteiger partial charge in [-0.05, 0) is 145 Å². The average Bonchev–Trinajstić information content (AvgIpc) is 3.87. The minimum atomic E-state index is -0.436. The molecule has 2 heteroatoms. The van der Waals surface area contributed by atoms with E-state index in [1.54, 1.807) is 0 Å². The van der Waals surface area contributed by atoms with Gasteiger partial charge in [-0.2, -0.15) is 0 Å². The lowest BCUT2D eigenvalue weighted by atomic mass is 9.70. The second kappa shape index (κ2) is 15.8. The van der Waals surface area contributed by atoms with Gasteiger partial charge in [-0.25, -0.2) is 0 Å². The van der Waals surface area contributed by atoms with Gasteiger partial charge in [-0.1, -0.05) is 194 Å². The molecule has 0 heterocycles. The number of rotatable bonds is 8. The van der Waals surface area contributed by atoms with Gasteiger partial charge >= 0.3 is 0 Å². The van der Waals surface area contributed by atoms with Crippen molar-refractivity contribution in [1.82, 2.24) is 0 Å². The molecular formula is C65H44N2. The van der Waals surface area contributed by atoms with E-state index >= 15 is 0 Å². The first-order valence-electron chi connectivity index (χ1n) is 23.2. The molecule has 1 spiro atoms. The van der Waals surface area contributed by atoms with E-state index in [9.17, 15) is 0 Å². The molecule has 0 fully saturated rings. The highest BCUT2D eigenvalue weighted by Gasteiger charge is 2.51. The highest BCUT2D eigenvalue weighted by molar-refractivity contribution is 5.99. The molecule has 2 nitrogen and oxygen atoms in total. The van der Waals surface area contributed by atoms with Crippen molar-refractivity contribution in [1.29, 1.82) is 0 Å². The Morgan fingerprint density at radius 3 is 1.18 bits per heavy atom. The monoisotopic (exact) mass is 852 g/mol. The van der Waals surface area contributed by atoms with Crippen LogP contribution in [0.3, 0.4) is 0 Å². The highest BCUT2D eigenvalue weighted by Crippen LogP contribution is 2.63. The summed E-state index contributed by atoms with van der Waals surface area (Å²) in [5.41, 5.74) is 21.4. The highest BCUT2D eigenvalue weighted by atomic mass is 15.2. The minimum Gasteiger partial charge on any atom is -0.310 e. The Morgan fingerprint density at radius 1 is 0.224 bits per heavy atom. The lowest BCUT2D eigenvalue weighted by Crippen LogP contribution is -2.26. The lowest BCUT2D eigenvalue weighted by molar-refractivity contribution is 0.793. The van der Waals surface area contributed by atoms with Gasteiger partial charge in [-0.15, -0.1) is 0 Å². The largest absolute Gasteiger partial charge is 0.310 e. The van der Waals surface area contributed by atoms with Crippen molar-refractivity contribution in [3.63, 3.8) is 0 Å². The third-order valence-electron chi connectivity index (χ3n) is 14.0. The number of hydrogen-bond donors (Lipinski definition) is 0. The van der Waals surface area contributed by atoms with Crippen LogP contribution in [0.1, 0.15) is 22.3 Å². The molecule has 0 saturated heterocycles. The van der Waals surface area contributed by atoms with Crippen LogP contribution < -0.4 is 9.80 Å². The normalized spacial score (nSPS) is 12.6. The zero-order chi connectivity index (χ0) is 44.3. The number of benzene rings is 11. The molecule has 0 radical (unpaired) electrons. The quantitative estimate of drug-likeness (QED) is 0.150. The van der Waals surface area contributed by atoms with Crippen molar-refractivity contribution in [2.24, 2.45) is 0 Å². The van der Waals surface area contributed by atoms with Crippen LogP contribution >= 0.6 is 0 Å². The van der Waals surface area contributed by atoms with Crippen molar-refractivity contribution in [3.05, 3.63) is 289 Å². The summed E-state index contributed by atoms with van der Waals surface area (Å²) in [4.78, 5) is 4.84. The van der Waals surface area contributed by atoms with Crippen molar-refractivity contribution in [2.45, 2.75) is 5.41 Å². The van der Waals surface area contributed by atoms with E-state index in [1.807, 2.05) is 0 Å². The first kappa shape index (κ1) is 38.7. The predicted octanol–water partition coefficient (Wildman–Crippen LogP) is 17.5. The molecule has 0 unspecified atom stereocenters. The van der Waals surface area contributed by atoms with Crippen molar-refractivity contribution >= 4 is 44.9 Å². The number of fused-ring (bicyclic) bond motifs is 11. The van der Waals surface area contributed by atoms with Gasteiger partial charge in [0.1, 0.15) is 0 Å². The maximum absolute atomic E-state index is 2.47. The lowest BCUT2D eigenvalue weighted by Gasteiger charge is -2.32. The van der Waals surface area contributed by atoms with Crippen molar-refractivity contribution < 1.29 is 0 Å². The van der Waals surface area contributed by atoms with E-state index in [0.717, 1.165) is 34.1 Å². The zero-order valence-electron chi connectivity index (χ0n) is 36.8. The van der Waals surface area contributed by atoms with E-state index in [0.29, 0.717) is 0 Å². The fourth-order valence-corrected chi connectivity index (χ4v) is 11.1. The average molecular weight is 853 g/mol. The van der Waals surface area contributed by atoms with Crippen LogP contribution in [0.25, 0.3) is 55.3 Å². The molecule has 0 amide bonds. The second-order valence-corrected chi connectivity index (χ2v) is 17.6. The number of anilines is 6. The fourth-order valence-electron chi connectivity index (χ4n) is 11.1. The Kier molecular flexibility index (Phi) is 9.11. The van der Waals surface area contributed by atoms with E-state index in [-0.39, 0.29) is 0 Å². The summed E-state index contributed by atoms with van der Waals surface area (Å²) in [7, 11) is 0. The Bertz CT molecular complexity index is 3550. The molecule has 0 aromatic heterocycles. The molecule has 11 aromatic rings. The van der Waals surface area contributed by atoms with Gasteiger partial charge in [0.25, 0.3) is 0 Å². The minimum absolute atomic E-state index is 0.436. The molecule has 13 rings (SSSR count). The third-order valence-corrected chi connectivity index (χ3v) is 14.0. The summed E-state index contributed by atoms with van der Waals surface area (Å²) in [5, 5.41) is 2.40. The molecule has 314 valence electrons. The predicted molar refractivity (Wildman–Crippen MR) is 280 cm³/mol. The van der Waals surface area contributed by atoms with E-state index in [4.69, 9.17) is 0 Å². The summed E-state index contributed by atoms with van der Waals surface area (Å²) >= 11 is 0. The molecule has 0 bridgehead atoms. The molecule has 0 saturated carbocycles. The van der Waals surface area contributed by atoms with Crippen LogP contribution in [0.2, 0.25) is 0 Å². The van der Waals surface area contributed by atoms with Crippen molar-refractivity contribution in [2.75, 3.05) is 9.80 Å². The number of hydrogen-bond acceptors (Lipinski definition) is 2. The molecule has 2 aliphatic carbocycles. The molecule has 67 heavy (non-hydrogen) atoms. The van der Waals surface area contributed by atoms with Crippen LogP contribution in [0.5, 0.6) is 0 Å². The number of nitrogens with zero attached hydrogens (tertiary/aromatic N) is 2. The van der Waals surface area contributed by atoms with Crippen LogP contribution in [0.4, 0.5) is 34.1 Å². The number of para-hydroxylation sites is 1. The van der Waals surface area contributed by atoms with Gasteiger partial charge in [0.2, 0.25) is 0 Å². The maximum Gasteiger partial charge on any atom is 0.0726 e. The van der Waals surface area contributed by atoms with E-state index in [2.05, 4.69) is 277 Å². The molecular weight excluding hydrogens is 809 g/mol. The maximum atomic E-state index is 2.47. The van der Waals surface area contributed by atoms with Gasteiger partial charge < -0.3 is 9.80 Å². The molecule has 0 N–H and O–H groups in total. The zero-order valence-corrected chi connectivity index (χ0v) is 36.8. The van der Waals surface area contributed by atoms with Gasteiger partial charge in [0, 0.05) is 34.0 Å². The first-order valence-corrected chi connectivity index (χ1v) is 23.2. The fraction of sp³-hybridized carbons (Fsp3) is 0.0154. The standard InChI is InChI=1S/C65H44N2/c1-4-18-45(19-5-1)46-32-34-52(35-33-46)67(64-43-49-23-11-10-22-48(49)42-59(64)47-20-6-2-7-21-47)53-38-36-51(37-39-53)66(50-24-8-3-9-25-50)54-40-41-58-57-28-14-17-31-62(57)65(63(58)44-54)60-29-15-12-26-55(60)56-27-13-16-30-61(56)65/h1-44H. The Morgan fingerprint density at radius 2 is 0.612 bits per heavy atom. The molecule has 11 aromatic carbocycles. The Labute approximate surface area is 391 Å². The Balaban J connectivity index is 0.982. The SMILES string of the molecule is c1ccc(-c2ccc(N(c3ccc(N(c4ccccc4)c4ccc5c(c4)C4(c6ccccc6-c6ccccc64)c4ccccc4-5)cc3)c3cc4ccccc4cc3-c3ccccc3)cc2)cc1. The summed E-state index contributed by atoms with van der Waals surface area (Å²) < 4.78 is 0. The van der Waals surface area contributed by atoms with Gasteiger partial charge in [0.15, 0.2) is 0 Å². The molecule has 0 aliphatic heterocycles. The topological polar surface area (TPSA) is 6.48 Å². The third kappa shape index (κ3) is 6.18. The second-order valence-electron chi connectivity index (χ2n) is 17.6.